The third-order valence-electron chi connectivity index (χ3n) is 1.51. The number of carboxylic acids is 1. The molecule has 0 aliphatic carbocycles. The van der Waals surface area contributed by atoms with Crippen molar-refractivity contribution >= 4 is 11.7 Å². The van der Waals surface area contributed by atoms with Crippen LogP contribution >= 0.6 is 0 Å². The quantitative estimate of drug-likeness (QED) is 0.773. The fraction of sp³-hybridized carbons (Fsp3) is 0.400. The Bertz CT molecular complexity index is 383. The number of anilines is 1. The molecule has 0 bridgehead atoms. The number of ether oxygens (including phenoxy) is 1. The van der Waals surface area contributed by atoms with Gasteiger partial charge in [0.25, 0.3) is 0 Å². The molecule has 3 N–H and O–H groups in total. The van der Waals surface area contributed by atoms with Crippen molar-refractivity contribution in [2.75, 3.05) is 5.73 Å². The third kappa shape index (κ3) is 3.12. The van der Waals surface area contributed by atoms with Crippen molar-refractivity contribution in [2.24, 2.45) is 0 Å². The number of carbonyl (C=O) groups is 1. The third-order valence-corrected chi connectivity index (χ3v) is 1.51. The maximum Gasteiger partial charge on any atom is 0.341 e. The molecule has 0 unspecified atom stereocenters. The van der Waals surface area contributed by atoms with Gasteiger partial charge in [0.1, 0.15) is 11.2 Å². The largest absolute Gasteiger partial charge is 0.477 e. The molecule has 82 valence electrons. The van der Waals surface area contributed by atoms with Crippen LogP contribution in [0.5, 0.6) is 5.88 Å². The second kappa shape index (κ2) is 3.76. The van der Waals surface area contributed by atoms with Gasteiger partial charge in [0.05, 0.1) is 11.9 Å². The zero-order valence-electron chi connectivity index (χ0n) is 8.94. The second-order valence-electron chi connectivity index (χ2n) is 4.14. The lowest BCUT2D eigenvalue weighted by Crippen LogP contribution is -2.25. The van der Waals surface area contributed by atoms with E-state index in [-0.39, 0.29) is 11.4 Å². The highest BCUT2D eigenvalue weighted by molar-refractivity contribution is 5.91. The van der Waals surface area contributed by atoms with Crippen molar-refractivity contribution in [3.05, 3.63) is 17.8 Å². The molecule has 1 aromatic heterocycles. The van der Waals surface area contributed by atoms with Crippen molar-refractivity contribution in [1.82, 2.24) is 4.98 Å². The highest BCUT2D eigenvalue weighted by atomic mass is 16.5. The Morgan fingerprint density at radius 3 is 2.60 bits per heavy atom. The van der Waals surface area contributed by atoms with Gasteiger partial charge in [-0.05, 0) is 26.8 Å². The summed E-state index contributed by atoms with van der Waals surface area (Å²) in [6, 6.07) is 1.33. The van der Waals surface area contributed by atoms with Crippen LogP contribution in [0, 0.1) is 0 Å². The van der Waals surface area contributed by atoms with E-state index < -0.39 is 11.6 Å². The fourth-order valence-electron chi connectivity index (χ4n) is 0.993. The average Bonchev–Trinajstić information content (AvgIpc) is 2.05. The molecule has 1 aromatic rings. The van der Waals surface area contributed by atoms with E-state index in [0.29, 0.717) is 5.69 Å². The Balaban J connectivity index is 3.12. The van der Waals surface area contributed by atoms with Crippen molar-refractivity contribution < 1.29 is 14.6 Å². The van der Waals surface area contributed by atoms with Gasteiger partial charge in [-0.2, -0.15) is 0 Å². The maximum atomic E-state index is 10.9. The molecule has 1 rings (SSSR count). The number of nitrogen functional groups attached to an aromatic ring is 1. The predicted octanol–water partition coefficient (Wildman–Crippen LogP) is 1.54. The van der Waals surface area contributed by atoms with Gasteiger partial charge in [0, 0.05) is 0 Å². The first-order valence-corrected chi connectivity index (χ1v) is 4.47. The van der Waals surface area contributed by atoms with Crippen LogP contribution in [0.15, 0.2) is 12.3 Å². The smallest absolute Gasteiger partial charge is 0.341 e. The first kappa shape index (κ1) is 11.3. The molecule has 5 nitrogen and oxygen atoms in total. The monoisotopic (exact) mass is 210 g/mol. The van der Waals surface area contributed by atoms with Crippen molar-refractivity contribution in [3.8, 4) is 5.88 Å². The molecule has 0 fully saturated rings. The number of hydrogen-bond donors (Lipinski definition) is 2. The van der Waals surface area contributed by atoms with Crippen LogP contribution in [0.1, 0.15) is 31.1 Å². The molecule has 0 aliphatic rings. The molecular weight excluding hydrogens is 196 g/mol. The molecular formula is C10H14N2O3. The summed E-state index contributed by atoms with van der Waals surface area (Å²) in [6.07, 6.45) is 1.37. The lowest BCUT2D eigenvalue weighted by Gasteiger charge is -2.21. The number of aromatic nitrogens is 1. The summed E-state index contributed by atoms with van der Waals surface area (Å²) in [5.74, 6) is -1.02. The van der Waals surface area contributed by atoms with E-state index in [1.807, 2.05) is 20.8 Å². The number of nitrogens with zero attached hydrogens (tertiary/aromatic N) is 1. The van der Waals surface area contributed by atoms with Gasteiger partial charge in [-0.3, -0.25) is 0 Å². The van der Waals surface area contributed by atoms with E-state index in [2.05, 4.69) is 4.98 Å². The van der Waals surface area contributed by atoms with Crippen LogP contribution in [0.2, 0.25) is 0 Å². The number of rotatable bonds is 2. The molecule has 0 aliphatic heterocycles. The molecule has 0 radical (unpaired) electrons. The van der Waals surface area contributed by atoms with Gasteiger partial charge in [-0.1, -0.05) is 0 Å². The normalized spacial score (nSPS) is 11.1. The van der Waals surface area contributed by atoms with Crippen LogP contribution in [-0.2, 0) is 0 Å². The molecule has 0 spiro atoms. The summed E-state index contributed by atoms with van der Waals surface area (Å²) < 4.78 is 5.40. The van der Waals surface area contributed by atoms with Gasteiger partial charge in [0.15, 0.2) is 0 Å². The van der Waals surface area contributed by atoms with Gasteiger partial charge < -0.3 is 15.6 Å². The van der Waals surface area contributed by atoms with E-state index in [0.717, 1.165) is 0 Å². The van der Waals surface area contributed by atoms with Crippen LogP contribution in [0.25, 0.3) is 0 Å². The van der Waals surface area contributed by atoms with Crippen LogP contribution in [0.4, 0.5) is 5.69 Å². The molecule has 0 aromatic carbocycles. The van der Waals surface area contributed by atoms with Gasteiger partial charge in [0.2, 0.25) is 5.88 Å². The molecule has 0 amide bonds. The lowest BCUT2D eigenvalue weighted by molar-refractivity contribution is 0.0677. The summed E-state index contributed by atoms with van der Waals surface area (Å²) in [4.78, 5) is 14.7. The standard InChI is InChI=1S/C10H14N2O3/c1-10(2,3)15-8-7(9(13)14)4-6(11)5-12-8/h4-5H,11H2,1-3H3,(H,13,14). The lowest BCUT2D eigenvalue weighted by atomic mass is 10.2. The van der Waals surface area contributed by atoms with Crippen molar-refractivity contribution in [2.45, 2.75) is 26.4 Å². The van der Waals surface area contributed by atoms with E-state index in [4.69, 9.17) is 15.6 Å². The zero-order valence-corrected chi connectivity index (χ0v) is 8.94. The second-order valence-corrected chi connectivity index (χ2v) is 4.14. The summed E-state index contributed by atoms with van der Waals surface area (Å²) >= 11 is 0. The fourth-order valence-corrected chi connectivity index (χ4v) is 0.993. The Labute approximate surface area is 87.9 Å². The SMILES string of the molecule is CC(C)(C)Oc1ncc(N)cc1C(=O)O. The molecule has 0 atom stereocenters. The van der Waals surface area contributed by atoms with Crippen LogP contribution < -0.4 is 10.5 Å². The van der Waals surface area contributed by atoms with Gasteiger partial charge in [-0.25, -0.2) is 9.78 Å². The van der Waals surface area contributed by atoms with Crippen LogP contribution in [0.3, 0.4) is 0 Å². The molecule has 0 saturated heterocycles. The number of aromatic carboxylic acids is 1. The Morgan fingerprint density at radius 2 is 2.13 bits per heavy atom. The van der Waals surface area contributed by atoms with Crippen molar-refractivity contribution in [1.29, 1.82) is 0 Å². The number of pyridine rings is 1. The maximum absolute atomic E-state index is 10.9. The highest BCUT2D eigenvalue weighted by Crippen LogP contribution is 2.22. The molecule has 5 heteroatoms. The number of nitrogens with two attached hydrogens (primary N) is 1. The van der Waals surface area contributed by atoms with Gasteiger partial charge >= 0.3 is 5.97 Å². The topological polar surface area (TPSA) is 85.4 Å². The minimum absolute atomic E-state index is 0.0232. The Kier molecular flexibility index (Phi) is 2.83. The van der Waals surface area contributed by atoms with E-state index in [1.165, 1.54) is 12.3 Å². The number of carboxylic acid groups (broad SMARTS) is 1. The number of hydrogen-bond acceptors (Lipinski definition) is 4. The predicted molar refractivity (Wildman–Crippen MR) is 56.0 cm³/mol. The molecule has 0 saturated carbocycles. The van der Waals surface area contributed by atoms with Gasteiger partial charge in [-0.15, -0.1) is 0 Å². The van der Waals surface area contributed by atoms with Crippen molar-refractivity contribution in [3.63, 3.8) is 0 Å². The van der Waals surface area contributed by atoms with E-state index in [9.17, 15) is 4.79 Å². The first-order chi connectivity index (χ1) is 6.79. The molecule has 1 heterocycles. The summed E-state index contributed by atoms with van der Waals surface area (Å²) in [5, 5.41) is 8.91. The zero-order chi connectivity index (χ0) is 11.6. The first-order valence-electron chi connectivity index (χ1n) is 4.47. The van der Waals surface area contributed by atoms with Crippen LogP contribution in [-0.4, -0.2) is 21.7 Å². The summed E-state index contributed by atoms with van der Waals surface area (Å²) in [5.41, 5.74) is 5.23. The van der Waals surface area contributed by atoms with E-state index >= 15 is 0 Å². The minimum atomic E-state index is -1.10. The molecule has 15 heavy (non-hydrogen) atoms. The minimum Gasteiger partial charge on any atom is -0.477 e. The Hall–Kier alpha value is -1.78. The summed E-state index contributed by atoms with van der Waals surface area (Å²) in [7, 11) is 0. The summed E-state index contributed by atoms with van der Waals surface area (Å²) in [6.45, 7) is 5.45. The highest BCUT2D eigenvalue weighted by Gasteiger charge is 2.19. The average molecular weight is 210 g/mol. The Morgan fingerprint density at radius 1 is 1.53 bits per heavy atom. The van der Waals surface area contributed by atoms with E-state index in [1.54, 1.807) is 0 Å².